The topological polar surface area (TPSA) is 62.8 Å². The van der Waals surface area contributed by atoms with Crippen LogP contribution in [0.15, 0.2) is 53.6 Å². The van der Waals surface area contributed by atoms with Crippen LogP contribution in [0, 0.1) is 6.92 Å². The Hall–Kier alpha value is -2.37. The van der Waals surface area contributed by atoms with E-state index >= 15 is 0 Å². The van der Waals surface area contributed by atoms with Gasteiger partial charge in [0.1, 0.15) is 0 Å². The van der Waals surface area contributed by atoms with Crippen LogP contribution in [-0.2, 0) is 9.84 Å². The highest BCUT2D eigenvalue weighted by molar-refractivity contribution is 7.90. The molecule has 0 radical (unpaired) electrons. The summed E-state index contributed by atoms with van der Waals surface area (Å²) < 4.78 is 23.9. The molecule has 2 aromatic carbocycles. The van der Waals surface area contributed by atoms with Gasteiger partial charge in [-0.3, -0.25) is 4.98 Å². The first-order valence-corrected chi connectivity index (χ1v) is 9.99. The quantitative estimate of drug-likeness (QED) is 0.554. The average molecular weight is 371 g/mol. The number of halogens is 1. The van der Waals surface area contributed by atoms with Crippen molar-refractivity contribution in [3.8, 4) is 11.1 Å². The second-order valence-electron chi connectivity index (χ2n) is 6.10. The molecule has 0 saturated carbocycles. The molecule has 4 nitrogen and oxygen atoms in total. The minimum Gasteiger partial charge on any atom is -0.358 e. The van der Waals surface area contributed by atoms with E-state index in [0.717, 1.165) is 38.6 Å². The van der Waals surface area contributed by atoms with Crippen LogP contribution in [0.4, 0.5) is 0 Å². The lowest BCUT2D eigenvalue weighted by molar-refractivity contribution is 0.602. The number of hydrogen-bond donors (Lipinski definition) is 1. The van der Waals surface area contributed by atoms with Crippen LogP contribution in [-0.4, -0.2) is 24.6 Å². The SMILES string of the molecule is Cc1[nH]c2ccc(S(C)(=O)=O)cc2c1-c1ccnc2c(Cl)cccc12. The molecule has 0 amide bonds. The molecule has 0 aliphatic heterocycles. The zero-order chi connectivity index (χ0) is 17.8. The molecule has 2 heterocycles. The molecule has 126 valence electrons. The van der Waals surface area contributed by atoms with Crippen molar-refractivity contribution in [2.75, 3.05) is 6.26 Å². The van der Waals surface area contributed by atoms with E-state index in [-0.39, 0.29) is 0 Å². The molecule has 4 rings (SSSR count). The van der Waals surface area contributed by atoms with Crippen LogP contribution in [0.25, 0.3) is 32.9 Å². The Morgan fingerprint density at radius 1 is 1.08 bits per heavy atom. The predicted molar refractivity (Wildman–Crippen MR) is 102 cm³/mol. The largest absolute Gasteiger partial charge is 0.358 e. The summed E-state index contributed by atoms with van der Waals surface area (Å²) in [6, 6.07) is 12.8. The number of aromatic amines is 1. The molecule has 2 aromatic heterocycles. The zero-order valence-corrected chi connectivity index (χ0v) is 15.2. The molecule has 0 spiro atoms. The van der Waals surface area contributed by atoms with Crippen molar-refractivity contribution in [3.63, 3.8) is 0 Å². The van der Waals surface area contributed by atoms with E-state index in [2.05, 4.69) is 9.97 Å². The maximum atomic E-state index is 12.0. The van der Waals surface area contributed by atoms with Gasteiger partial charge in [0, 0.05) is 40.0 Å². The molecule has 6 heteroatoms. The van der Waals surface area contributed by atoms with E-state index in [0.29, 0.717) is 9.92 Å². The number of para-hydroxylation sites is 1. The average Bonchev–Trinajstić information content (AvgIpc) is 2.89. The standard InChI is InChI=1S/C19H15ClN2O2S/c1-11-18(13-8-9-21-19-14(13)4-3-5-16(19)20)15-10-12(25(2,23)24)6-7-17(15)22-11/h3-10,22H,1-2H3. The van der Waals surface area contributed by atoms with Crippen molar-refractivity contribution in [2.24, 2.45) is 0 Å². The van der Waals surface area contributed by atoms with Gasteiger partial charge in [-0.2, -0.15) is 0 Å². The summed E-state index contributed by atoms with van der Waals surface area (Å²) in [5.74, 6) is 0. The summed E-state index contributed by atoms with van der Waals surface area (Å²) >= 11 is 6.28. The molecule has 0 atom stereocenters. The smallest absolute Gasteiger partial charge is 0.175 e. The molecular weight excluding hydrogens is 356 g/mol. The molecule has 0 fully saturated rings. The first-order valence-electron chi connectivity index (χ1n) is 7.72. The fourth-order valence-electron chi connectivity index (χ4n) is 3.24. The molecule has 1 N–H and O–H groups in total. The first-order chi connectivity index (χ1) is 11.9. The number of nitrogens with one attached hydrogen (secondary N) is 1. The fraction of sp³-hybridized carbons (Fsp3) is 0.105. The van der Waals surface area contributed by atoms with Crippen LogP contribution in [0.2, 0.25) is 5.02 Å². The van der Waals surface area contributed by atoms with Gasteiger partial charge in [0.2, 0.25) is 0 Å². The maximum absolute atomic E-state index is 12.0. The third kappa shape index (κ3) is 2.60. The van der Waals surface area contributed by atoms with Gasteiger partial charge in [0.15, 0.2) is 9.84 Å². The van der Waals surface area contributed by atoms with Gasteiger partial charge in [-0.1, -0.05) is 23.7 Å². The van der Waals surface area contributed by atoms with E-state index in [1.807, 2.05) is 31.2 Å². The summed E-state index contributed by atoms with van der Waals surface area (Å²) in [5, 5.41) is 2.39. The molecule has 0 bridgehead atoms. The summed E-state index contributed by atoms with van der Waals surface area (Å²) in [5.41, 5.74) is 4.53. The first kappa shape index (κ1) is 16.1. The Morgan fingerprint density at radius 2 is 1.88 bits per heavy atom. The van der Waals surface area contributed by atoms with E-state index in [9.17, 15) is 8.42 Å². The summed E-state index contributed by atoms with van der Waals surface area (Å²) in [6.07, 6.45) is 2.94. The Labute approximate surface area is 150 Å². The van der Waals surface area contributed by atoms with Crippen molar-refractivity contribution in [1.29, 1.82) is 0 Å². The van der Waals surface area contributed by atoms with Crippen molar-refractivity contribution in [3.05, 3.63) is 59.4 Å². The molecule has 4 aromatic rings. The van der Waals surface area contributed by atoms with E-state index in [4.69, 9.17) is 11.6 Å². The normalized spacial score (nSPS) is 12.1. The van der Waals surface area contributed by atoms with Crippen LogP contribution >= 0.6 is 11.6 Å². The van der Waals surface area contributed by atoms with Gasteiger partial charge in [-0.25, -0.2) is 8.42 Å². The van der Waals surface area contributed by atoms with Gasteiger partial charge >= 0.3 is 0 Å². The maximum Gasteiger partial charge on any atom is 0.175 e. The number of nitrogens with zero attached hydrogens (tertiary/aromatic N) is 1. The molecule has 0 unspecified atom stereocenters. The van der Waals surface area contributed by atoms with Crippen LogP contribution in [0.1, 0.15) is 5.69 Å². The summed E-state index contributed by atoms with van der Waals surface area (Å²) in [7, 11) is -3.28. The second-order valence-corrected chi connectivity index (χ2v) is 8.52. The van der Waals surface area contributed by atoms with E-state index < -0.39 is 9.84 Å². The van der Waals surface area contributed by atoms with E-state index in [1.165, 1.54) is 6.26 Å². The number of aryl methyl sites for hydroxylation is 1. The number of rotatable bonds is 2. The number of fused-ring (bicyclic) bond motifs is 2. The minimum absolute atomic E-state index is 0.302. The third-order valence-electron chi connectivity index (χ3n) is 4.38. The predicted octanol–water partition coefficient (Wildman–Crippen LogP) is 4.75. The third-order valence-corrected chi connectivity index (χ3v) is 5.79. The zero-order valence-electron chi connectivity index (χ0n) is 13.7. The molecule has 0 saturated heterocycles. The number of pyridine rings is 1. The highest BCUT2D eigenvalue weighted by Crippen LogP contribution is 2.38. The molecule has 25 heavy (non-hydrogen) atoms. The lowest BCUT2D eigenvalue weighted by Crippen LogP contribution is -1.96. The van der Waals surface area contributed by atoms with Crippen molar-refractivity contribution < 1.29 is 8.42 Å². The Balaban J connectivity index is 2.11. The van der Waals surface area contributed by atoms with Crippen LogP contribution in [0.5, 0.6) is 0 Å². The molecular formula is C19H15ClN2O2S. The van der Waals surface area contributed by atoms with Crippen molar-refractivity contribution in [2.45, 2.75) is 11.8 Å². The van der Waals surface area contributed by atoms with Gasteiger partial charge in [0.05, 0.1) is 15.4 Å². The van der Waals surface area contributed by atoms with E-state index in [1.54, 1.807) is 24.4 Å². The molecule has 0 aliphatic rings. The molecule has 0 aliphatic carbocycles. The van der Waals surface area contributed by atoms with Gasteiger partial charge in [0.25, 0.3) is 0 Å². The van der Waals surface area contributed by atoms with Gasteiger partial charge < -0.3 is 4.98 Å². The van der Waals surface area contributed by atoms with Gasteiger partial charge in [-0.15, -0.1) is 0 Å². The lowest BCUT2D eigenvalue weighted by atomic mass is 9.98. The van der Waals surface area contributed by atoms with Crippen molar-refractivity contribution in [1.82, 2.24) is 9.97 Å². The number of hydrogen-bond acceptors (Lipinski definition) is 3. The monoisotopic (exact) mass is 370 g/mol. The van der Waals surface area contributed by atoms with Crippen molar-refractivity contribution >= 4 is 43.2 Å². The highest BCUT2D eigenvalue weighted by atomic mass is 35.5. The Bertz CT molecular complexity index is 1240. The summed E-state index contributed by atoms with van der Waals surface area (Å²) in [4.78, 5) is 8.02. The number of H-pyrrole nitrogens is 1. The summed E-state index contributed by atoms with van der Waals surface area (Å²) in [6.45, 7) is 1.98. The van der Waals surface area contributed by atoms with Crippen LogP contribution in [0.3, 0.4) is 0 Å². The Morgan fingerprint density at radius 3 is 2.64 bits per heavy atom. The second kappa shape index (κ2) is 5.58. The highest BCUT2D eigenvalue weighted by Gasteiger charge is 2.17. The van der Waals surface area contributed by atoms with Crippen LogP contribution < -0.4 is 0 Å². The Kier molecular flexibility index (Phi) is 3.60. The van der Waals surface area contributed by atoms with Gasteiger partial charge in [-0.05, 0) is 42.8 Å². The lowest BCUT2D eigenvalue weighted by Gasteiger charge is -2.08. The minimum atomic E-state index is -3.28. The fourth-order valence-corrected chi connectivity index (χ4v) is 4.11. The number of aromatic nitrogens is 2. The number of sulfone groups is 1. The number of benzene rings is 2.